The van der Waals surface area contributed by atoms with Crippen molar-refractivity contribution in [2.24, 2.45) is 0 Å². The Morgan fingerprint density at radius 2 is 1.78 bits per heavy atom. The molecule has 4 rings (SSSR count). The van der Waals surface area contributed by atoms with Gasteiger partial charge < -0.3 is 9.32 Å². The number of hydrogen-bond donors (Lipinski definition) is 0. The Morgan fingerprint density at radius 3 is 2.52 bits per heavy atom. The molecule has 4 heteroatoms. The molecule has 2 aliphatic heterocycles. The van der Waals surface area contributed by atoms with E-state index in [0.29, 0.717) is 11.8 Å². The zero-order valence-corrected chi connectivity index (χ0v) is 13.3. The number of piperidine rings is 1. The standard InChI is InChI=1S/C19H22N2O2/c22-19(18-6-3-13-23-18)20-11-8-17(9-12-20)21-10-7-15-4-1-2-5-16(15)14-21/h1-6,13,17H,7-12,14H2. The lowest BCUT2D eigenvalue weighted by molar-refractivity contribution is 0.0571. The molecule has 0 unspecified atom stereocenters. The van der Waals surface area contributed by atoms with Crippen LogP contribution in [-0.2, 0) is 13.0 Å². The first-order chi connectivity index (χ1) is 11.3. The number of fused-ring (bicyclic) bond motifs is 1. The average molecular weight is 310 g/mol. The van der Waals surface area contributed by atoms with Gasteiger partial charge in [-0.2, -0.15) is 0 Å². The quantitative estimate of drug-likeness (QED) is 0.856. The van der Waals surface area contributed by atoms with Gasteiger partial charge in [-0.3, -0.25) is 9.69 Å². The fourth-order valence-corrected chi connectivity index (χ4v) is 3.82. The SMILES string of the molecule is O=C(c1ccco1)N1CCC(N2CCc3ccccc3C2)CC1. The number of furan rings is 1. The fourth-order valence-electron chi connectivity index (χ4n) is 3.82. The maximum Gasteiger partial charge on any atom is 0.289 e. The summed E-state index contributed by atoms with van der Waals surface area (Å²) in [6.07, 6.45) is 4.80. The predicted octanol–water partition coefficient (Wildman–Crippen LogP) is 2.94. The molecule has 23 heavy (non-hydrogen) atoms. The van der Waals surface area contributed by atoms with Gasteiger partial charge in [0.15, 0.2) is 5.76 Å². The highest BCUT2D eigenvalue weighted by Gasteiger charge is 2.29. The van der Waals surface area contributed by atoms with E-state index in [1.165, 1.54) is 11.1 Å². The summed E-state index contributed by atoms with van der Waals surface area (Å²) in [5, 5.41) is 0. The van der Waals surface area contributed by atoms with Crippen LogP contribution >= 0.6 is 0 Å². The number of likely N-dealkylation sites (tertiary alicyclic amines) is 1. The van der Waals surface area contributed by atoms with Crippen LogP contribution in [0.2, 0.25) is 0 Å². The Hall–Kier alpha value is -2.07. The maximum atomic E-state index is 12.3. The molecule has 1 aromatic heterocycles. The van der Waals surface area contributed by atoms with E-state index in [9.17, 15) is 4.79 Å². The zero-order chi connectivity index (χ0) is 15.6. The first kappa shape index (κ1) is 14.5. The van der Waals surface area contributed by atoms with Crippen molar-refractivity contribution in [3.05, 3.63) is 59.5 Å². The molecule has 2 aliphatic rings. The number of rotatable bonds is 2. The summed E-state index contributed by atoms with van der Waals surface area (Å²) in [6, 6.07) is 12.9. The van der Waals surface area contributed by atoms with Crippen molar-refractivity contribution >= 4 is 5.91 Å². The molecule has 0 N–H and O–H groups in total. The Kier molecular flexibility index (Phi) is 3.92. The van der Waals surface area contributed by atoms with Gasteiger partial charge in [0.25, 0.3) is 5.91 Å². The number of nitrogens with zero attached hydrogens (tertiary/aromatic N) is 2. The summed E-state index contributed by atoms with van der Waals surface area (Å²) in [5.74, 6) is 0.479. The van der Waals surface area contributed by atoms with Crippen LogP contribution < -0.4 is 0 Å². The summed E-state index contributed by atoms with van der Waals surface area (Å²) in [7, 11) is 0. The lowest BCUT2D eigenvalue weighted by Crippen LogP contribution is -2.48. The molecule has 120 valence electrons. The van der Waals surface area contributed by atoms with Crippen LogP contribution in [0, 0.1) is 0 Å². The maximum absolute atomic E-state index is 12.3. The van der Waals surface area contributed by atoms with Gasteiger partial charge in [-0.1, -0.05) is 24.3 Å². The highest BCUT2D eigenvalue weighted by Crippen LogP contribution is 2.25. The Morgan fingerprint density at radius 1 is 1.00 bits per heavy atom. The second-order valence-electron chi connectivity index (χ2n) is 6.49. The molecular weight excluding hydrogens is 288 g/mol. The molecular formula is C19H22N2O2. The summed E-state index contributed by atoms with van der Waals surface area (Å²) >= 11 is 0. The summed E-state index contributed by atoms with van der Waals surface area (Å²) in [6.45, 7) is 3.82. The first-order valence-electron chi connectivity index (χ1n) is 8.45. The van der Waals surface area contributed by atoms with E-state index in [4.69, 9.17) is 4.42 Å². The van der Waals surface area contributed by atoms with Gasteiger partial charge in [0.1, 0.15) is 0 Å². The molecule has 1 fully saturated rings. The predicted molar refractivity (Wildman–Crippen MR) is 88.2 cm³/mol. The van der Waals surface area contributed by atoms with Crippen LogP contribution in [0.4, 0.5) is 0 Å². The molecule has 0 atom stereocenters. The number of hydrogen-bond acceptors (Lipinski definition) is 3. The molecule has 1 aromatic carbocycles. The summed E-state index contributed by atoms with van der Waals surface area (Å²) in [4.78, 5) is 16.8. The average Bonchev–Trinajstić information content (AvgIpc) is 3.15. The molecule has 3 heterocycles. The zero-order valence-electron chi connectivity index (χ0n) is 13.3. The normalized spacial score (nSPS) is 19.6. The Bertz CT molecular complexity index is 672. The molecule has 4 nitrogen and oxygen atoms in total. The van der Waals surface area contributed by atoms with E-state index in [2.05, 4.69) is 29.2 Å². The van der Waals surface area contributed by atoms with Crippen LogP contribution in [0.25, 0.3) is 0 Å². The van der Waals surface area contributed by atoms with Crippen molar-refractivity contribution in [3.63, 3.8) is 0 Å². The monoisotopic (exact) mass is 310 g/mol. The van der Waals surface area contributed by atoms with Crippen LogP contribution in [0.1, 0.15) is 34.5 Å². The van der Waals surface area contributed by atoms with E-state index >= 15 is 0 Å². The lowest BCUT2D eigenvalue weighted by Gasteiger charge is -2.40. The number of benzene rings is 1. The number of amides is 1. The van der Waals surface area contributed by atoms with Crippen LogP contribution in [0.15, 0.2) is 47.1 Å². The van der Waals surface area contributed by atoms with Gasteiger partial charge >= 0.3 is 0 Å². The summed E-state index contributed by atoms with van der Waals surface area (Å²) < 4.78 is 5.23. The van der Waals surface area contributed by atoms with Gasteiger partial charge in [-0.05, 0) is 42.5 Å². The second kappa shape index (κ2) is 6.20. The van der Waals surface area contributed by atoms with Crippen molar-refractivity contribution in [2.75, 3.05) is 19.6 Å². The first-order valence-corrected chi connectivity index (χ1v) is 8.45. The molecule has 1 saturated heterocycles. The topological polar surface area (TPSA) is 36.7 Å². The van der Waals surface area contributed by atoms with Crippen molar-refractivity contribution in [1.29, 1.82) is 0 Å². The fraction of sp³-hybridized carbons (Fsp3) is 0.421. The van der Waals surface area contributed by atoms with E-state index in [-0.39, 0.29) is 5.91 Å². The van der Waals surface area contributed by atoms with Crippen molar-refractivity contribution in [1.82, 2.24) is 9.80 Å². The van der Waals surface area contributed by atoms with E-state index in [1.54, 1.807) is 18.4 Å². The third kappa shape index (κ3) is 2.91. The molecule has 0 aliphatic carbocycles. The van der Waals surface area contributed by atoms with E-state index in [1.807, 2.05) is 4.90 Å². The largest absolute Gasteiger partial charge is 0.459 e. The van der Waals surface area contributed by atoms with E-state index in [0.717, 1.165) is 45.4 Å². The van der Waals surface area contributed by atoms with Crippen LogP contribution in [0.5, 0.6) is 0 Å². The molecule has 1 amide bonds. The van der Waals surface area contributed by atoms with Crippen molar-refractivity contribution in [2.45, 2.75) is 31.8 Å². The van der Waals surface area contributed by atoms with Crippen molar-refractivity contribution in [3.8, 4) is 0 Å². The Labute approximate surface area is 136 Å². The van der Waals surface area contributed by atoms with Crippen molar-refractivity contribution < 1.29 is 9.21 Å². The smallest absolute Gasteiger partial charge is 0.289 e. The van der Waals surface area contributed by atoms with Gasteiger partial charge in [0, 0.05) is 32.2 Å². The third-order valence-electron chi connectivity index (χ3n) is 5.16. The minimum atomic E-state index is 0.0254. The van der Waals surface area contributed by atoms with Gasteiger partial charge in [0.05, 0.1) is 6.26 Å². The van der Waals surface area contributed by atoms with Crippen LogP contribution in [-0.4, -0.2) is 41.4 Å². The van der Waals surface area contributed by atoms with Crippen LogP contribution in [0.3, 0.4) is 0 Å². The lowest BCUT2D eigenvalue weighted by atomic mass is 9.95. The van der Waals surface area contributed by atoms with Gasteiger partial charge in [-0.15, -0.1) is 0 Å². The molecule has 0 spiro atoms. The number of carbonyl (C=O) groups is 1. The Balaban J connectivity index is 1.36. The number of carbonyl (C=O) groups excluding carboxylic acids is 1. The minimum absolute atomic E-state index is 0.0254. The molecule has 0 saturated carbocycles. The highest BCUT2D eigenvalue weighted by atomic mass is 16.3. The molecule has 2 aromatic rings. The third-order valence-corrected chi connectivity index (χ3v) is 5.16. The van der Waals surface area contributed by atoms with Gasteiger partial charge in [0.2, 0.25) is 0 Å². The molecule has 0 bridgehead atoms. The summed E-state index contributed by atoms with van der Waals surface area (Å²) in [5.41, 5.74) is 2.96. The van der Waals surface area contributed by atoms with Gasteiger partial charge in [-0.25, -0.2) is 0 Å². The second-order valence-corrected chi connectivity index (χ2v) is 6.49. The minimum Gasteiger partial charge on any atom is -0.459 e. The van der Waals surface area contributed by atoms with E-state index < -0.39 is 0 Å². The molecule has 0 radical (unpaired) electrons. The highest BCUT2D eigenvalue weighted by molar-refractivity contribution is 5.91.